The molecule has 3 amide bonds. The first-order chi connectivity index (χ1) is 14.5. The molecule has 148 valence electrons. The van der Waals surface area contributed by atoms with Gasteiger partial charge in [-0.3, -0.25) is 19.3 Å². The molecule has 0 bridgehead atoms. The molecule has 0 unspecified atom stereocenters. The molecule has 0 radical (unpaired) electrons. The molecule has 1 aromatic heterocycles. The summed E-state index contributed by atoms with van der Waals surface area (Å²) in [6.07, 6.45) is 0.465. The van der Waals surface area contributed by atoms with Gasteiger partial charge in [0, 0.05) is 6.54 Å². The van der Waals surface area contributed by atoms with Crippen molar-refractivity contribution >= 4 is 46.3 Å². The third kappa shape index (κ3) is 3.71. The summed E-state index contributed by atoms with van der Waals surface area (Å²) < 4.78 is 0.485. The number of benzene rings is 2. The molecule has 2 aromatic carbocycles. The van der Waals surface area contributed by atoms with Crippen molar-refractivity contribution in [3.05, 3.63) is 86.1 Å². The second-order valence-corrected chi connectivity index (χ2v) is 8.32. The molecular weight excluding hydrogens is 422 g/mol. The summed E-state index contributed by atoms with van der Waals surface area (Å²) in [4.78, 5) is 39.8. The zero-order chi connectivity index (χ0) is 21.3. The average molecular weight is 436 g/mol. The summed E-state index contributed by atoms with van der Waals surface area (Å²) in [5, 5.41) is 11.6. The van der Waals surface area contributed by atoms with Crippen molar-refractivity contribution in [2.24, 2.45) is 0 Å². The van der Waals surface area contributed by atoms with E-state index < -0.39 is 11.8 Å². The minimum Gasteiger partial charge on any atom is -0.321 e. The van der Waals surface area contributed by atoms with Crippen molar-refractivity contribution in [1.29, 1.82) is 5.26 Å². The predicted molar refractivity (Wildman–Crippen MR) is 114 cm³/mol. The van der Waals surface area contributed by atoms with Crippen molar-refractivity contribution in [3.63, 3.8) is 0 Å². The Morgan fingerprint density at radius 3 is 2.50 bits per heavy atom. The second kappa shape index (κ2) is 8.11. The maximum atomic E-state index is 13.0. The number of amides is 3. The molecule has 30 heavy (non-hydrogen) atoms. The lowest BCUT2D eigenvalue weighted by Gasteiger charge is -2.14. The van der Waals surface area contributed by atoms with Crippen molar-refractivity contribution in [3.8, 4) is 6.07 Å². The van der Waals surface area contributed by atoms with Gasteiger partial charge < -0.3 is 5.32 Å². The smallest absolute Gasteiger partial charge is 0.265 e. The quantitative estimate of drug-likeness (QED) is 0.602. The van der Waals surface area contributed by atoms with E-state index in [0.29, 0.717) is 26.9 Å². The van der Waals surface area contributed by atoms with Crippen LogP contribution in [-0.2, 0) is 6.42 Å². The summed E-state index contributed by atoms with van der Waals surface area (Å²) in [5.74, 6) is -1.22. The topological polar surface area (TPSA) is 90.3 Å². The number of thiophene rings is 1. The molecule has 4 rings (SSSR count). The zero-order valence-electron chi connectivity index (χ0n) is 15.5. The fourth-order valence-corrected chi connectivity index (χ4v) is 4.19. The third-order valence-corrected chi connectivity index (χ3v) is 5.98. The summed E-state index contributed by atoms with van der Waals surface area (Å²) in [7, 11) is 0. The van der Waals surface area contributed by atoms with Gasteiger partial charge in [-0.2, -0.15) is 5.26 Å². The highest BCUT2D eigenvalue weighted by Crippen LogP contribution is 2.30. The van der Waals surface area contributed by atoms with Gasteiger partial charge in [-0.05, 0) is 48.4 Å². The van der Waals surface area contributed by atoms with Crippen LogP contribution >= 0.6 is 22.9 Å². The molecule has 0 atom stereocenters. The summed E-state index contributed by atoms with van der Waals surface area (Å²) in [5.41, 5.74) is 2.21. The molecule has 6 nitrogen and oxygen atoms in total. The molecule has 0 saturated carbocycles. The number of nitrogens with zero attached hydrogens (tertiary/aromatic N) is 2. The lowest BCUT2D eigenvalue weighted by Crippen LogP contribution is -2.32. The average Bonchev–Trinajstić information content (AvgIpc) is 3.29. The Morgan fingerprint density at radius 2 is 1.83 bits per heavy atom. The van der Waals surface area contributed by atoms with E-state index in [9.17, 15) is 14.4 Å². The van der Waals surface area contributed by atoms with Gasteiger partial charge in [0.25, 0.3) is 17.7 Å². The first kappa shape index (κ1) is 19.8. The van der Waals surface area contributed by atoms with Crippen LogP contribution < -0.4 is 5.32 Å². The maximum absolute atomic E-state index is 13.0. The number of nitrogens with one attached hydrogen (secondary N) is 1. The number of rotatable bonds is 5. The molecule has 1 aliphatic rings. The fourth-order valence-electron chi connectivity index (χ4n) is 3.25. The van der Waals surface area contributed by atoms with E-state index in [1.807, 2.05) is 0 Å². The summed E-state index contributed by atoms with van der Waals surface area (Å²) in [6, 6.07) is 17.1. The van der Waals surface area contributed by atoms with Crippen molar-refractivity contribution in [2.45, 2.75) is 6.42 Å². The fraction of sp³-hybridized carbons (Fsp3) is 0.0909. The maximum Gasteiger partial charge on any atom is 0.265 e. The third-order valence-electron chi connectivity index (χ3n) is 4.75. The molecular formula is C22H14ClN3O3S. The van der Waals surface area contributed by atoms with E-state index in [-0.39, 0.29) is 23.6 Å². The normalized spacial score (nSPS) is 12.6. The van der Waals surface area contributed by atoms with Crippen molar-refractivity contribution < 1.29 is 14.4 Å². The number of hydrogen-bond donors (Lipinski definition) is 1. The molecule has 2 heterocycles. The summed E-state index contributed by atoms with van der Waals surface area (Å²) in [6.45, 7) is 0.201. The first-order valence-electron chi connectivity index (χ1n) is 9.03. The lowest BCUT2D eigenvalue weighted by molar-refractivity contribution is 0.0656. The molecule has 0 saturated heterocycles. The number of nitriles is 1. The van der Waals surface area contributed by atoms with E-state index in [0.717, 1.165) is 16.9 Å². The van der Waals surface area contributed by atoms with E-state index in [1.54, 1.807) is 54.6 Å². The Hall–Kier alpha value is -3.47. The van der Waals surface area contributed by atoms with E-state index in [1.165, 1.54) is 4.90 Å². The van der Waals surface area contributed by atoms with Gasteiger partial charge >= 0.3 is 0 Å². The van der Waals surface area contributed by atoms with Crippen LogP contribution in [0.25, 0.3) is 0 Å². The van der Waals surface area contributed by atoms with Crippen LogP contribution in [0.4, 0.5) is 5.69 Å². The first-order valence-corrected chi connectivity index (χ1v) is 10.2. The minimum absolute atomic E-state index is 0.193. The Bertz CT molecular complexity index is 1210. The number of hydrogen-bond acceptors (Lipinski definition) is 5. The monoisotopic (exact) mass is 435 g/mol. The Morgan fingerprint density at radius 1 is 1.07 bits per heavy atom. The Kier molecular flexibility index (Phi) is 5.36. The number of imide groups is 1. The minimum atomic E-state index is -0.441. The van der Waals surface area contributed by atoms with Gasteiger partial charge in [0.1, 0.15) is 0 Å². The number of carbonyl (C=O) groups is 3. The van der Waals surface area contributed by atoms with Gasteiger partial charge in [0.2, 0.25) is 0 Å². The molecule has 1 aliphatic heterocycles. The highest BCUT2D eigenvalue weighted by Gasteiger charge is 2.37. The largest absolute Gasteiger partial charge is 0.321 e. The highest BCUT2D eigenvalue weighted by atomic mass is 35.5. The van der Waals surface area contributed by atoms with Gasteiger partial charge in [-0.25, -0.2) is 0 Å². The molecule has 0 fully saturated rings. The number of carbonyl (C=O) groups excluding carboxylic acids is 3. The van der Waals surface area contributed by atoms with Crippen molar-refractivity contribution in [2.75, 3.05) is 11.9 Å². The van der Waals surface area contributed by atoms with Crippen LogP contribution in [0.15, 0.2) is 54.6 Å². The van der Waals surface area contributed by atoms with Crippen LogP contribution in [0.1, 0.15) is 41.5 Å². The summed E-state index contributed by atoms with van der Waals surface area (Å²) >= 11 is 7.01. The predicted octanol–water partition coefficient (Wildman–Crippen LogP) is 4.36. The van der Waals surface area contributed by atoms with Crippen LogP contribution in [-0.4, -0.2) is 29.2 Å². The highest BCUT2D eigenvalue weighted by molar-refractivity contribution is 7.18. The number of anilines is 1. The zero-order valence-corrected chi connectivity index (χ0v) is 17.1. The van der Waals surface area contributed by atoms with Crippen LogP contribution in [0, 0.1) is 11.3 Å². The molecule has 8 heteroatoms. The molecule has 3 aromatic rings. The second-order valence-electron chi connectivity index (χ2n) is 6.61. The van der Waals surface area contributed by atoms with Crippen LogP contribution in [0.3, 0.4) is 0 Å². The molecule has 1 N–H and O–H groups in total. The molecule has 0 aliphatic carbocycles. The van der Waals surface area contributed by atoms with Crippen molar-refractivity contribution in [1.82, 2.24) is 4.90 Å². The number of halogens is 1. The van der Waals surface area contributed by atoms with E-state index >= 15 is 0 Å². The van der Waals surface area contributed by atoms with E-state index in [4.69, 9.17) is 16.9 Å². The van der Waals surface area contributed by atoms with Gasteiger partial charge in [0.15, 0.2) is 0 Å². The number of fused-ring (bicyclic) bond motifs is 1. The molecule has 0 spiro atoms. The SMILES string of the molecule is N#Cc1ccc(CCN2C(=O)c3cccc(NC(=O)c4ccc(Cl)s4)c3C2=O)cc1. The van der Waals surface area contributed by atoms with Gasteiger partial charge in [0.05, 0.1) is 37.7 Å². The van der Waals surface area contributed by atoms with E-state index in [2.05, 4.69) is 11.4 Å². The van der Waals surface area contributed by atoms with Gasteiger partial charge in [-0.1, -0.05) is 29.8 Å². The Labute approximate surface area is 181 Å². The Balaban J connectivity index is 1.53. The lowest BCUT2D eigenvalue weighted by atomic mass is 10.1. The van der Waals surface area contributed by atoms with Crippen LogP contribution in [0.2, 0.25) is 4.34 Å². The standard InChI is InChI=1S/C22H14ClN3O3S/c23-18-9-8-17(30-18)20(27)25-16-3-1-2-15-19(16)22(29)26(21(15)28)11-10-13-4-6-14(12-24)7-5-13/h1-9H,10-11H2,(H,25,27). The van der Waals surface area contributed by atoms with Gasteiger partial charge in [-0.15, -0.1) is 11.3 Å². The van der Waals surface area contributed by atoms with Crippen LogP contribution in [0.5, 0.6) is 0 Å².